The zero-order valence-electron chi connectivity index (χ0n) is 11.7. The number of aromatic amines is 1. The van der Waals surface area contributed by atoms with Crippen LogP contribution in [-0.2, 0) is 0 Å². The van der Waals surface area contributed by atoms with E-state index in [-0.39, 0.29) is 0 Å². The Balaban J connectivity index is 2.24. The van der Waals surface area contributed by atoms with Gasteiger partial charge in [-0.1, -0.05) is 32.5 Å². The van der Waals surface area contributed by atoms with Crippen molar-refractivity contribution >= 4 is 12.2 Å². The van der Waals surface area contributed by atoms with Crippen molar-refractivity contribution in [2.24, 2.45) is 5.92 Å². The van der Waals surface area contributed by atoms with Crippen molar-refractivity contribution in [3.63, 3.8) is 0 Å². The number of hydrogen-bond acceptors (Lipinski definition) is 2. The molecule has 1 atom stereocenters. The van der Waals surface area contributed by atoms with Crippen molar-refractivity contribution in [2.75, 3.05) is 13.1 Å². The Morgan fingerprint density at radius 3 is 2.89 bits per heavy atom. The summed E-state index contributed by atoms with van der Waals surface area (Å²) in [5.74, 6) is 0.730. The highest BCUT2D eigenvalue weighted by Crippen LogP contribution is 2.32. The summed E-state index contributed by atoms with van der Waals surface area (Å²) in [5.41, 5.74) is 2.77. The van der Waals surface area contributed by atoms with Crippen molar-refractivity contribution in [3.05, 3.63) is 28.0 Å². The molecular weight excluding hydrogens is 240 g/mol. The number of piperidine rings is 1. The predicted molar refractivity (Wildman–Crippen MR) is 79.4 cm³/mol. The fraction of sp³-hybridized carbons (Fsp3) is 0.667. The second-order valence-corrected chi connectivity index (χ2v) is 6.28. The van der Waals surface area contributed by atoms with Gasteiger partial charge in [-0.15, -0.1) is 0 Å². The van der Waals surface area contributed by atoms with E-state index in [9.17, 15) is 0 Å². The highest BCUT2D eigenvalue weighted by molar-refractivity contribution is 7.71. The van der Waals surface area contributed by atoms with Crippen LogP contribution in [0.4, 0.5) is 0 Å². The van der Waals surface area contributed by atoms with Crippen LogP contribution in [0.3, 0.4) is 0 Å². The summed E-state index contributed by atoms with van der Waals surface area (Å²) in [6.45, 7) is 9.22. The van der Waals surface area contributed by atoms with Gasteiger partial charge in [0.15, 0.2) is 0 Å². The van der Waals surface area contributed by atoms with Crippen molar-refractivity contribution in [1.82, 2.24) is 9.88 Å². The van der Waals surface area contributed by atoms with Crippen LogP contribution in [-0.4, -0.2) is 23.0 Å². The van der Waals surface area contributed by atoms with Gasteiger partial charge in [-0.25, -0.2) is 0 Å². The Hall–Kier alpha value is -0.670. The van der Waals surface area contributed by atoms with Crippen molar-refractivity contribution in [2.45, 2.75) is 46.1 Å². The molecule has 0 bridgehead atoms. The third-order valence-corrected chi connectivity index (χ3v) is 3.98. The first-order valence-electron chi connectivity index (χ1n) is 7.01. The molecule has 1 aromatic rings. The van der Waals surface area contributed by atoms with Crippen LogP contribution >= 0.6 is 12.2 Å². The Labute approximate surface area is 115 Å². The lowest BCUT2D eigenvalue weighted by molar-refractivity contribution is 0.131. The summed E-state index contributed by atoms with van der Waals surface area (Å²) in [6.07, 6.45) is 6.08. The average molecular weight is 264 g/mol. The lowest BCUT2D eigenvalue weighted by Crippen LogP contribution is -2.36. The molecule has 1 aliphatic rings. The quantitative estimate of drug-likeness (QED) is 0.824. The molecule has 2 heterocycles. The summed E-state index contributed by atoms with van der Waals surface area (Å²) < 4.78 is 0.836. The van der Waals surface area contributed by atoms with Gasteiger partial charge in [0.05, 0.1) is 0 Å². The summed E-state index contributed by atoms with van der Waals surface area (Å²) in [5, 5.41) is 0. The summed E-state index contributed by atoms with van der Waals surface area (Å²) >= 11 is 5.19. The molecular formula is C15H24N2S. The summed E-state index contributed by atoms with van der Waals surface area (Å²) in [6, 6.07) is 2.67. The smallest absolute Gasteiger partial charge is 0.103 e. The zero-order valence-corrected chi connectivity index (χ0v) is 12.5. The van der Waals surface area contributed by atoms with E-state index in [0.29, 0.717) is 6.04 Å². The fourth-order valence-corrected chi connectivity index (χ4v) is 3.21. The largest absolute Gasteiger partial charge is 0.353 e. The van der Waals surface area contributed by atoms with E-state index in [1.807, 2.05) is 0 Å². The lowest BCUT2D eigenvalue weighted by atomic mass is 9.93. The number of hydrogen-bond donors (Lipinski definition) is 1. The molecule has 2 rings (SSSR count). The topological polar surface area (TPSA) is 19.0 Å². The number of nitrogens with zero attached hydrogens (tertiary/aromatic N) is 1. The maximum Gasteiger partial charge on any atom is 0.103 e. The molecule has 1 aromatic heterocycles. The molecule has 2 nitrogen and oxygen atoms in total. The average Bonchev–Trinajstić information content (AvgIpc) is 2.30. The highest BCUT2D eigenvalue weighted by atomic mass is 32.1. The third-order valence-electron chi connectivity index (χ3n) is 3.75. The lowest BCUT2D eigenvalue weighted by Gasteiger charge is -2.37. The van der Waals surface area contributed by atoms with Crippen LogP contribution in [0.2, 0.25) is 0 Å². The van der Waals surface area contributed by atoms with Crippen LogP contribution < -0.4 is 0 Å². The molecule has 0 aliphatic carbocycles. The molecule has 0 spiro atoms. The van der Waals surface area contributed by atoms with Crippen LogP contribution in [0.5, 0.6) is 0 Å². The van der Waals surface area contributed by atoms with Gasteiger partial charge in [0, 0.05) is 18.8 Å². The number of pyridine rings is 1. The normalized spacial score (nSPS) is 21.4. The Morgan fingerprint density at radius 2 is 2.22 bits per heavy atom. The summed E-state index contributed by atoms with van der Waals surface area (Å²) in [4.78, 5) is 5.85. The van der Waals surface area contributed by atoms with E-state index in [4.69, 9.17) is 12.2 Å². The molecule has 1 aliphatic heterocycles. The van der Waals surface area contributed by atoms with Crippen molar-refractivity contribution in [3.8, 4) is 0 Å². The SMILES string of the molecule is Cc1cc(=S)[nH]cc1[C@@H]1CCCCN1CC(C)C. The van der Waals surface area contributed by atoms with Gasteiger partial charge in [0.25, 0.3) is 0 Å². The molecule has 0 amide bonds. The Bertz CT molecular complexity index is 450. The first-order chi connectivity index (χ1) is 8.58. The van der Waals surface area contributed by atoms with Gasteiger partial charge >= 0.3 is 0 Å². The first-order valence-corrected chi connectivity index (χ1v) is 7.42. The third kappa shape index (κ3) is 3.21. The minimum absolute atomic E-state index is 0.577. The van der Waals surface area contributed by atoms with Crippen LogP contribution in [0.1, 0.15) is 50.3 Å². The second kappa shape index (κ2) is 5.98. The van der Waals surface area contributed by atoms with Crippen LogP contribution in [0, 0.1) is 17.5 Å². The standard InChI is InChI=1S/C15H24N2S/c1-11(2)10-17-7-5-4-6-14(17)13-9-16-15(18)8-12(13)3/h8-9,11,14H,4-7,10H2,1-3H3,(H,16,18)/t14-/m0/s1. The molecule has 18 heavy (non-hydrogen) atoms. The maximum absolute atomic E-state index is 5.19. The second-order valence-electron chi connectivity index (χ2n) is 5.84. The highest BCUT2D eigenvalue weighted by Gasteiger charge is 2.25. The molecule has 3 heteroatoms. The molecule has 100 valence electrons. The first kappa shape index (κ1) is 13.8. The molecule has 0 radical (unpaired) electrons. The van der Waals surface area contributed by atoms with Crippen LogP contribution in [0.15, 0.2) is 12.3 Å². The fourth-order valence-electron chi connectivity index (χ4n) is 2.97. The van der Waals surface area contributed by atoms with E-state index in [0.717, 1.165) is 10.6 Å². The van der Waals surface area contributed by atoms with Crippen molar-refractivity contribution < 1.29 is 0 Å². The van der Waals surface area contributed by atoms with Gasteiger partial charge in [0.1, 0.15) is 4.64 Å². The van der Waals surface area contributed by atoms with E-state index in [1.165, 1.54) is 43.5 Å². The number of aromatic nitrogens is 1. The molecule has 0 unspecified atom stereocenters. The van der Waals surface area contributed by atoms with Gasteiger partial charge < -0.3 is 4.98 Å². The number of aryl methyl sites for hydroxylation is 1. The number of nitrogens with one attached hydrogen (secondary N) is 1. The molecule has 1 saturated heterocycles. The Morgan fingerprint density at radius 1 is 1.44 bits per heavy atom. The minimum atomic E-state index is 0.577. The van der Waals surface area contributed by atoms with Crippen LogP contribution in [0.25, 0.3) is 0 Å². The molecule has 0 aromatic carbocycles. The monoisotopic (exact) mass is 264 g/mol. The number of likely N-dealkylation sites (tertiary alicyclic amines) is 1. The zero-order chi connectivity index (χ0) is 13.1. The Kier molecular flexibility index (Phi) is 4.57. The van der Waals surface area contributed by atoms with Gasteiger partial charge in [-0.3, -0.25) is 4.90 Å². The van der Waals surface area contributed by atoms with Gasteiger partial charge in [-0.2, -0.15) is 0 Å². The minimum Gasteiger partial charge on any atom is -0.353 e. The van der Waals surface area contributed by atoms with Crippen molar-refractivity contribution in [1.29, 1.82) is 0 Å². The van der Waals surface area contributed by atoms with Gasteiger partial charge in [-0.05, 0) is 49.4 Å². The molecule has 1 fully saturated rings. The number of rotatable bonds is 3. The molecule has 0 saturated carbocycles. The number of H-pyrrole nitrogens is 1. The molecule has 1 N–H and O–H groups in total. The van der Waals surface area contributed by atoms with Gasteiger partial charge in [0.2, 0.25) is 0 Å². The maximum atomic E-state index is 5.19. The van der Waals surface area contributed by atoms with E-state index >= 15 is 0 Å². The van der Waals surface area contributed by atoms with E-state index in [1.54, 1.807) is 0 Å². The van der Waals surface area contributed by atoms with E-state index < -0.39 is 0 Å². The predicted octanol–water partition coefficient (Wildman–Crippen LogP) is 4.24. The summed E-state index contributed by atoms with van der Waals surface area (Å²) in [7, 11) is 0. The van der Waals surface area contributed by atoms with E-state index in [2.05, 4.69) is 42.9 Å².